The molecule has 31 heavy (non-hydrogen) atoms. The van der Waals surface area contributed by atoms with E-state index in [9.17, 15) is 0 Å². The lowest BCUT2D eigenvalue weighted by Crippen LogP contribution is -2.21. The zero-order valence-electron chi connectivity index (χ0n) is 18.3. The van der Waals surface area contributed by atoms with E-state index >= 15 is 0 Å². The van der Waals surface area contributed by atoms with Crippen LogP contribution in [0, 0.1) is 6.92 Å². The minimum Gasteiger partial charge on any atom is -0.497 e. The minimum absolute atomic E-state index is 0.493. The number of methoxy groups -OCH3 is 1. The van der Waals surface area contributed by atoms with Gasteiger partial charge >= 0.3 is 0 Å². The average Bonchev–Trinajstić information content (AvgIpc) is 3.47. The second kappa shape index (κ2) is 8.95. The molecule has 0 N–H and O–H groups in total. The summed E-state index contributed by atoms with van der Waals surface area (Å²) in [6.07, 6.45) is 3.53. The normalized spacial score (nSPS) is 14.5. The number of benzene rings is 2. The molecule has 3 aromatic rings. The zero-order valence-corrected chi connectivity index (χ0v) is 18.3. The molecule has 1 aliphatic rings. The van der Waals surface area contributed by atoms with Gasteiger partial charge < -0.3 is 9.64 Å². The van der Waals surface area contributed by atoms with E-state index < -0.39 is 0 Å². The van der Waals surface area contributed by atoms with Gasteiger partial charge in [0.15, 0.2) is 5.84 Å². The number of rotatable bonds is 6. The predicted molar refractivity (Wildman–Crippen MR) is 126 cm³/mol. The van der Waals surface area contributed by atoms with Crippen LogP contribution in [-0.2, 0) is 0 Å². The van der Waals surface area contributed by atoms with E-state index in [1.165, 1.54) is 5.69 Å². The Morgan fingerprint density at radius 2 is 1.81 bits per heavy atom. The summed E-state index contributed by atoms with van der Waals surface area (Å²) < 4.78 is 6.92. The largest absolute Gasteiger partial charge is 0.497 e. The number of aromatic nitrogens is 2. The van der Waals surface area contributed by atoms with Gasteiger partial charge in [0, 0.05) is 36.7 Å². The Bertz CT molecular complexity index is 1140. The van der Waals surface area contributed by atoms with Crippen molar-refractivity contribution in [2.24, 2.45) is 15.0 Å². The fourth-order valence-electron chi connectivity index (χ4n) is 3.50. The van der Waals surface area contributed by atoms with Crippen molar-refractivity contribution in [1.82, 2.24) is 9.78 Å². The van der Waals surface area contributed by atoms with Gasteiger partial charge in [-0.05, 0) is 74.9 Å². The molecule has 0 radical (unpaired) electrons. The second-order valence-corrected chi connectivity index (χ2v) is 7.13. The van der Waals surface area contributed by atoms with E-state index in [1.54, 1.807) is 18.0 Å². The SMILES string of the molecule is CCN(CC)c1ccc(N=C2N=C(n3cccn3)N=C2c2ccc(OC)cc2)c(C)c1. The lowest BCUT2D eigenvalue weighted by atomic mass is 10.1. The van der Waals surface area contributed by atoms with Gasteiger partial charge in [-0.15, -0.1) is 0 Å². The van der Waals surface area contributed by atoms with Crippen LogP contribution in [0.15, 0.2) is 75.9 Å². The standard InChI is InChI=1S/C24H26N6O/c1-5-29(6-2)19-10-13-21(17(3)16-19)26-23-22(18-8-11-20(31-4)12-9-18)27-24(28-23)30-15-7-14-25-30/h7-16H,5-6H2,1-4H3. The van der Waals surface area contributed by atoms with Gasteiger partial charge in [0.25, 0.3) is 5.96 Å². The lowest BCUT2D eigenvalue weighted by Gasteiger charge is -2.21. The van der Waals surface area contributed by atoms with Crippen molar-refractivity contribution in [3.63, 3.8) is 0 Å². The van der Waals surface area contributed by atoms with Crippen LogP contribution < -0.4 is 9.64 Å². The van der Waals surface area contributed by atoms with Crippen molar-refractivity contribution < 1.29 is 4.74 Å². The molecule has 0 fully saturated rings. The topological polar surface area (TPSA) is 67.4 Å². The van der Waals surface area contributed by atoms with Crippen LogP contribution in [0.5, 0.6) is 5.75 Å². The van der Waals surface area contributed by atoms with Crippen LogP contribution in [0.3, 0.4) is 0 Å². The molecular formula is C24H26N6O. The molecule has 0 saturated carbocycles. The predicted octanol–water partition coefficient (Wildman–Crippen LogP) is 4.48. The molecule has 4 rings (SSSR count). The fraction of sp³-hybridized carbons (Fsp3) is 0.250. The summed E-state index contributed by atoms with van der Waals surface area (Å²) in [5.41, 5.74) is 4.79. The van der Waals surface area contributed by atoms with Gasteiger partial charge in [0.2, 0.25) is 0 Å². The Balaban J connectivity index is 1.74. The summed E-state index contributed by atoms with van der Waals surface area (Å²) in [5.74, 6) is 1.85. The molecule has 2 heterocycles. The number of anilines is 1. The maximum atomic E-state index is 5.28. The van der Waals surface area contributed by atoms with Crippen LogP contribution >= 0.6 is 0 Å². The molecule has 158 valence electrons. The van der Waals surface area contributed by atoms with Crippen molar-refractivity contribution in [3.8, 4) is 5.75 Å². The maximum absolute atomic E-state index is 5.28. The van der Waals surface area contributed by atoms with Crippen molar-refractivity contribution >= 4 is 28.9 Å². The molecule has 7 nitrogen and oxygen atoms in total. The molecule has 0 amide bonds. The quantitative estimate of drug-likeness (QED) is 0.597. The first-order chi connectivity index (χ1) is 15.1. The first kappa shape index (κ1) is 20.5. The highest BCUT2D eigenvalue weighted by atomic mass is 16.5. The van der Waals surface area contributed by atoms with Gasteiger partial charge in [-0.1, -0.05) is 0 Å². The molecule has 0 atom stereocenters. The number of hydrogen-bond donors (Lipinski definition) is 0. The number of hydrogen-bond acceptors (Lipinski definition) is 5. The first-order valence-corrected chi connectivity index (χ1v) is 10.4. The summed E-state index contributed by atoms with van der Waals surface area (Å²) in [7, 11) is 1.65. The third kappa shape index (κ3) is 4.26. The number of amidine groups is 1. The van der Waals surface area contributed by atoms with E-state index in [2.05, 4.69) is 47.9 Å². The number of aryl methyl sites for hydroxylation is 1. The Morgan fingerprint density at radius 3 is 2.42 bits per heavy atom. The summed E-state index contributed by atoms with van der Waals surface area (Å²) >= 11 is 0. The molecular weight excluding hydrogens is 388 g/mol. The Hall–Kier alpha value is -3.74. The highest BCUT2D eigenvalue weighted by Gasteiger charge is 2.22. The molecule has 7 heteroatoms. The number of aliphatic imine (C=N–C) groups is 3. The molecule has 0 unspecified atom stereocenters. The van der Waals surface area contributed by atoms with Gasteiger partial charge in [0.05, 0.1) is 12.8 Å². The third-order valence-electron chi connectivity index (χ3n) is 5.24. The molecule has 0 saturated heterocycles. The lowest BCUT2D eigenvalue weighted by molar-refractivity contribution is 0.415. The maximum Gasteiger partial charge on any atom is 0.253 e. The number of ether oxygens (including phenoxy) is 1. The molecule has 0 spiro atoms. The molecule has 2 aromatic carbocycles. The Labute approximate surface area is 182 Å². The summed E-state index contributed by atoms with van der Waals surface area (Å²) in [6, 6.07) is 15.9. The van der Waals surface area contributed by atoms with Crippen LogP contribution in [0.25, 0.3) is 0 Å². The third-order valence-corrected chi connectivity index (χ3v) is 5.24. The number of nitrogens with zero attached hydrogens (tertiary/aromatic N) is 6. The summed E-state index contributed by atoms with van der Waals surface area (Å²) in [6.45, 7) is 8.33. The zero-order chi connectivity index (χ0) is 21.8. The van der Waals surface area contributed by atoms with Crippen molar-refractivity contribution in [3.05, 3.63) is 72.1 Å². The van der Waals surface area contributed by atoms with E-state index in [0.717, 1.165) is 35.7 Å². The van der Waals surface area contributed by atoms with Crippen molar-refractivity contribution in [2.45, 2.75) is 20.8 Å². The Morgan fingerprint density at radius 1 is 1.03 bits per heavy atom. The second-order valence-electron chi connectivity index (χ2n) is 7.13. The van der Waals surface area contributed by atoms with E-state index in [0.29, 0.717) is 17.5 Å². The first-order valence-electron chi connectivity index (χ1n) is 10.4. The van der Waals surface area contributed by atoms with Crippen LogP contribution in [-0.4, -0.2) is 47.5 Å². The molecule has 1 aliphatic heterocycles. The Kier molecular flexibility index (Phi) is 5.93. The average molecular weight is 415 g/mol. The van der Waals surface area contributed by atoms with Gasteiger partial charge in [-0.3, -0.25) is 0 Å². The van der Waals surface area contributed by atoms with E-state index in [4.69, 9.17) is 14.7 Å². The van der Waals surface area contributed by atoms with Gasteiger partial charge in [-0.25, -0.2) is 14.7 Å². The minimum atomic E-state index is 0.493. The fourth-order valence-corrected chi connectivity index (χ4v) is 3.50. The monoisotopic (exact) mass is 414 g/mol. The van der Waals surface area contributed by atoms with Gasteiger partial charge in [0.1, 0.15) is 11.5 Å². The summed E-state index contributed by atoms with van der Waals surface area (Å²) in [4.78, 5) is 16.6. The van der Waals surface area contributed by atoms with Gasteiger partial charge in [-0.2, -0.15) is 10.1 Å². The smallest absolute Gasteiger partial charge is 0.253 e. The van der Waals surface area contributed by atoms with Crippen LogP contribution in [0.2, 0.25) is 0 Å². The highest BCUT2D eigenvalue weighted by Crippen LogP contribution is 2.26. The van der Waals surface area contributed by atoms with E-state index in [1.807, 2.05) is 42.6 Å². The van der Waals surface area contributed by atoms with Crippen molar-refractivity contribution in [2.75, 3.05) is 25.1 Å². The highest BCUT2D eigenvalue weighted by molar-refractivity contribution is 6.53. The molecule has 1 aromatic heterocycles. The molecule has 0 aliphatic carbocycles. The van der Waals surface area contributed by atoms with Crippen molar-refractivity contribution in [1.29, 1.82) is 0 Å². The molecule has 0 bridgehead atoms. The van der Waals surface area contributed by atoms with Crippen LogP contribution in [0.4, 0.5) is 11.4 Å². The van der Waals surface area contributed by atoms with E-state index in [-0.39, 0.29) is 0 Å². The van der Waals surface area contributed by atoms with Crippen LogP contribution in [0.1, 0.15) is 25.0 Å². The summed E-state index contributed by atoms with van der Waals surface area (Å²) in [5, 5.41) is 4.26.